The molecule has 1 aromatic rings. The second-order valence-electron chi connectivity index (χ2n) is 6.44. The van der Waals surface area contributed by atoms with Crippen LogP contribution in [0.25, 0.3) is 0 Å². The van der Waals surface area contributed by atoms with Gasteiger partial charge in [-0.2, -0.15) is 4.39 Å². The maximum absolute atomic E-state index is 13.3. The maximum atomic E-state index is 13.3. The van der Waals surface area contributed by atoms with Gasteiger partial charge in [-0.25, -0.2) is 0 Å². The first-order chi connectivity index (χ1) is 10.5. The summed E-state index contributed by atoms with van der Waals surface area (Å²) in [6.45, 7) is -0.774. The van der Waals surface area contributed by atoms with Gasteiger partial charge in [0, 0.05) is 24.3 Å². The average molecular weight is 370 g/mol. The number of hydrogen-bond donors (Lipinski definition) is 0. The number of Topliss-reactive ketones (excluding diaryl/α,β-unsaturated/α-hetero) is 1. The zero-order chi connectivity index (χ0) is 15.5. The molecule has 1 saturated heterocycles. The summed E-state index contributed by atoms with van der Waals surface area (Å²) in [6, 6.07) is 4.10. The standard InChI is InChI=1S/C16H17BrFNO3/c1-19-5-4-16(3-2-10(20)8-13(16)19)9-6-11(17)14-12(7-9)21-15(18)22-14/h6-7,13,15H,2-5,8H2,1H3/t13-,15+,16-/m0/s1. The summed E-state index contributed by atoms with van der Waals surface area (Å²) in [6.07, 6.45) is 3.05. The largest absolute Gasteiger partial charge is 0.425 e. The lowest BCUT2D eigenvalue weighted by molar-refractivity contribution is -0.122. The summed E-state index contributed by atoms with van der Waals surface area (Å²) >= 11 is 3.46. The number of fused-ring (bicyclic) bond motifs is 2. The highest BCUT2D eigenvalue weighted by atomic mass is 79.9. The molecule has 1 aromatic carbocycles. The Labute approximate surface area is 136 Å². The van der Waals surface area contributed by atoms with E-state index < -0.39 is 6.54 Å². The number of carbonyl (C=O) groups is 1. The van der Waals surface area contributed by atoms with Gasteiger partial charge in [0.2, 0.25) is 0 Å². The molecule has 4 rings (SSSR count). The van der Waals surface area contributed by atoms with Crippen LogP contribution in [0.5, 0.6) is 11.5 Å². The van der Waals surface area contributed by atoms with Crippen LogP contribution in [-0.2, 0) is 10.2 Å². The SMILES string of the molecule is CN1CC[C@]2(c3cc(Br)c4c(c3)O[C@@H](F)O4)CCC(=O)C[C@H]12. The monoisotopic (exact) mass is 369 g/mol. The summed E-state index contributed by atoms with van der Waals surface area (Å²) in [5, 5.41) is 0. The van der Waals surface area contributed by atoms with Crippen molar-refractivity contribution in [2.24, 2.45) is 0 Å². The third-order valence-corrected chi connectivity index (χ3v) is 5.96. The van der Waals surface area contributed by atoms with Gasteiger partial charge in [0.15, 0.2) is 11.5 Å². The number of likely N-dealkylation sites (N-methyl/N-ethyl adjacent to an activating group) is 1. The van der Waals surface area contributed by atoms with Gasteiger partial charge in [-0.15, -0.1) is 0 Å². The lowest BCUT2D eigenvalue weighted by Gasteiger charge is -2.41. The van der Waals surface area contributed by atoms with E-state index in [0.717, 1.165) is 24.9 Å². The van der Waals surface area contributed by atoms with Crippen LogP contribution in [-0.4, -0.2) is 36.9 Å². The predicted molar refractivity (Wildman–Crippen MR) is 81.9 cm³/mol. The number of ketones is 1. The molecule has 0 N–H and O–H groups in total. The van der Waals surface area contributed by atoms with Gasteiger partial charge >= 0.3 is 6.54 Å². The number of halogens is 2. The Morgan fingerprint density at radius 1 is 1.36 bits per heavy atom. The van der Waals surface area contributed by atoms with E-state index >= 15 is 0 Å². The molecule has 0 aromatic heterocycles. The van der Waals surface area contributed by atoms with Crippen LogP contribution in [0.1, 0.15) is 31.2 Å². The number of rotatable bonds is 1. The van der Waals surface area contributed by atoms with Crippen LogP contribution in [0.4, 0.5) is 4.39 Å². The first-order valence-electron chi connectivity index (χ1n) is 7.53. The van der Waals surface area contributed by atoms with Gasteiger partial charge in [-0.1, -0.05) is 0 Å². The normalized spacial score (nSPS) is 34.0. The van der Waals surface area contributed by atoms with E-state index in [4.69, 9.17) is 9.47 Å². The molecule has 6 heteroatoms. The Balaban J connectivity index is 1.79. The molecule has 1 saturated carbocycles. The predicted octanol–water partition coefficient (Wildman–Crippen LogP) is 3.17. The van der Waals surface area contributed by atoms with Crippen molar-refractivity contribution in [2.75, 3.05) is 13.6 Å². The van der Waals surface area contributed by atoms with Gasteiger partial charge in [-0.05, 0) is 60.1 Å². The second-order valence-corrected chi connectivity index (χ2v) is 7.30. The van der Waals surface area contributed by atoms with E-state index in [1.54, 1.807) is 0 Å². The first kappa shape index (κ1) is 14.5. The molecule has 0 spiro atoms. The van der Waals surface area contributed by atoms with Crippen molar-refractivity contribution in [2.45, 2.75) is 43.7 Å². The molecule has 4 nitrogen and oxygen atoms in total. The van der Waals surface area contributed by atoms with E-state index in [1.165, 1.54) is 0 Å². The van der Waals surface area contributed by atoms with Crippen LogP contribution < -0.4 is 9.47 Å². The smallest absolute Gasteiger partial charge is 0.397 e. The molecule has 0 bridgehead atoms. The molecule has 2 aliphatic heterocycles. The van der Waals surface area contributed by atoms with Crippen molar-refractivity contribution in [3.05, 3.63) is 22.2 Å². The molecule has 0 amide bonds. The highest BCUT2D eigenvalue weighted by molar-refractivity contribution is 9.10. The summed E-state index contributed by atoms with van der Waals surface area (Å²) < 4.78 is 24.2. The fraction of sp³-hybridized carbons (Fsp3) is 0.562. The fourth-order valence-electron chi connectivity index (χ4n) is 4.20. The number of hydrogen-bond acceptors (Lipinski definition) is 4. The molecule has 0 radical (unpaired) electrons. The van der Waals surface area contributed by atoms with E-state index in [0.29, 0.717) is 34.6 Å². The van der Waals surface area contributed by atoms with Crippen LogP contribution in [0.15, 0.2) is 16.6 Å². The zero-order valence-corrected chi connectivity index (χ0v) is 13.9. The van der Waals surface area contributed by atoms with Crippen LogP contribution in [0.3, 0.4) is 0 Å². The number of alkyl halides is 1. The summed E-state index contributed by atoms with van der Waals surface area (Å²) in [5.41, 5.74) is 1.05. The van der Waals surface area contributed by atoms with E-state index in [9.17, 15) is 9.18 Å². The number of carbonyl (C=O) groups excluding carboxylic acids is 1. The molecule has 118 valence electrons. The van der Waals surface area contributed by atoms with Crippen molar-refractivity contribution >= 4 is 21.7 Å². The highest BCUT2D eigenvalue weighted by Crippen LogP contribution is 2.51. The van der Waals surface area contributed by atoms with Gasteiger partial charge in [0.05, 0.1) is 4.47 Å². The number of benzene rings is 1. The number of ether oxygens (including phenoxy) is 2. The quantitative estimate of drug-likeness (QED) is 0.761. The van der Waals surface area contributed by atoms with E-state index in [2.05, 4.69) is 27.9 Å². The third kappa shape index (κ3) is 2.00. The Kier molecular flexibility index (Phi) is 3.24. The van der Waals surface area contributed by atoms with E-state index in [1.807, 2.05) is 12.1 Å². The molecule has 3 atom stereocenters. The molecule has 2 fully saturated rings. The van der Waals surface area contributed by atoms with Crippen LogP contribution >= 0.6 is 15.9 Å². The maximum Gasteiger partial charge on any atom is 0.397 e. The van der Waals surface area contributed by atoms with Gasteiger partial charge in [-0.3, -0.25) is 4.79 Å². The lowest BCUT2D eigenvalue weighted by Crippen LogP contribution is -2.46. The number of nitrogens with zero attached hydrogens (tertiary/aromatic N) is 1. The Morgan fingerprint density at radius 3 is 3.00 bits per heavy atom. The zero-order valence-electron chi connectivity index (χ0n) is 12.3. The van der Waals surface area contributed by atoms with Crippen LogP contribution in [0, 0.1) is 0 Å². The second kappa shape index (κ2) is 4.93. The van der Waals surface area contributed by atoms with Gasteiger partial charge in [0.25, 0.3) is 0 Å². The van der Waals surface area contributed by atoms with Crippen molar-refractivity contribution in [3.63, 3.8) is 0 Å². The van der Waals surface area contributed by atoms with Gasteiger partial charge in [0.1, 0.15) is 5.78 Å². The summed E-state index contributed by atoms with van der Waals surface area (Å²) in [7, 11) is 2.07. The average Bonchev–Trinajstić information content (AvgIpc) is 3.01. The van der Waals surface area contributed by atoms with Crippen LogP contribution in [0.2, 0.25) is 0 Å². The molecule has 1 aliphatic carbocycles. The van der Waals surface area contributed by atoms with Crippen molar-refractivity contribution in [1.29, 1.82) is 0 Å². The first-order valence-corrected chi connectivity index (χ1v) is 8.32. The highest BCUT2D eigenvalue weighted by Gasteiger charge is 2.50. The molecule has 22 heavy (non-hydrogen) atoms. The fourth-order valence-corrected chi connectivity index (χ4v) is 4.73. The van der Waals surface area contributed by atoms with Crippen molar-refractivity contribution < 1.29 is 18.7 Å². The minimum Gasteiger partial charge on any atom is -0.425 e. The van der Waals surface area contributed by atoms with Crippen molar-refractivity contribution in [3.8, 4) is 11.5 Å². The topological polar surface area (TPSA) is 38.8 Å². The molecule has 3 aliphatic rings. The molecule has 0 unspecified atom stereocenters. The summed E-state index contributed by atoms with van der Waals surface area (Å²) in [5.74, 6) is 1.19. The minimum absolute atomic E-state index is 0.0576. The van der Waals surface area contributed by atoms with Gasteiger partial charge < -0.3 is 14.4 Å². The Morgan fingerprint density at radius 2 is 2.18 bits per heavy atom. The van der Waals surface area contributed by atoms with E-state index in [-0.39, 0.29) is 11.5 Å². The summed E-state index contributed by atoms with van der Waals surface area (Å²) in [4.78, 5) is 14.2. The third-order valence-electron chi connectivity index (χ3n) is 5.37. The Hall–Kier alpha value is -1.14. The molecular weight excluding hydrogens is 353 g/mol. The number of likely N-dealkylation sites (tertiary alicyclic amines) is 1. The lowest BCUT2D eigenvalue weighted by atomic mass is 9.66. The molecule has 2 heterocycles. The molecular formula is C16H17BrFNO3. The van der Waals surface area contributed by atoms with Crippen molar-refractivity contribution in [1.82, 2.24) is 4.90 Å². The Bertz CT molecular complexity index is 653. The minimum atomic E-state index is -1.74.